The maximum absolute atomic E-state index is 9.78. The topological polar surface area (TPSA) is 38.0 Å². The molecule has 17 heavy (non-hydrogen) atoms. The molecule has 0 aliphatic heterocycles. The number of aliphatic hydroxyl groups excluding tert-OH is 1. The lowest BCUT2D eigenvalue weighted by atomic mass is 10.1. The second-order valence-corrected chi connectivity index (χ2v) is 4.92. The molecule has 1 unspecified atom stereocenters. The smallest absolute Gasteiger partial charge is 0.0782 e. The maximum atomic E-state index is 9.78. The molecule has 3 nitrogen and oxygen atoms in total. The Bertz CT molecular complexity index is 546. The van der Waals surface area contributed by atoms with Crippen LogP contribution < -0.4 is 0 Å². The van der Waals surface area contributed by atoms with Crippen LogP contribution in [0.5, 0.6) is 0 Å². The number of nitrogens with zero attached hydrogens (tertiary/aromatic N) is 2. The van der Waals surface area contributed by atoms with Crippen molar-refractivity contribution in [3.05, 3.63) is 45.7 Å². The van der Waals surface area contributed by atoms with Gasteiger partial charge in [0.1, 0.15) is 0 Å². The molecule has 1 aromatic carbocycles. The van der Waals surface area contributed by atoms with Crippen molar-refractivity contribution in [2.75, 3.05) is 0 Å². The summed E-state index contributed by atoms with van der Waals surface area (Å²) in [7, 11) is 0. The first kappa shape index (κ1) is 12.3. The van der Waals surface area contributed by atoms with Crippen LogP contribution >= 0.6 is 15.9 Å². The Balaban J connectivity index is 2.64. The van der Waals surface area contributed by atoms with Crippen molar-refractivity contribution in [3.63, 3.8) is 0 Å². The molecule has 1 atom stereocenters. The molecule has 2 rings (SSSR count). The molecule has 4 heteroatoms. The summed E-state index contributed by atoms with van der Waals surface area (Å²) in [5.74, 6) is 0. The number of benzene rings is 1. The first-order valence-electron chi connectivity index (χ1n) is 5.51. The quantitative estimate of drug-likeness (QED) is 0.923. The Morgan fingerprint density at radius 1 is 1.29 bits per heavy atom. The molecule has 90 valence electrons. The maximum Gasteiger partial charge on any atom is 0.0782 e. The highest BCUT2D eigenvalue weighted by Gasteiger charge is 2.14. The molecule has 0 radical (unpaired) electrons. The lowest BCUT2D eigenvalue weighted by molar-refractivity contribution is 0.199. The zero-order chi connectivity index (χ0) is 12.6. The van der Waals surface area contributed by atoms with Gasteiger partial charge in [0.05, 0.1) is 27.7 Å². The molecular weight excluding hydrogens is 280 g/mol. The standard InChI is InChI=1S/C13H15BrN2O/c1-8-13(14)9(2)16(15-8)12-7-5-4-6-11(12)10(3)17/h4-7,10,17H,1-3H3. The van der Waals surface area contributed by atoms with Gasteiger partial charge in [-0.3, -0.25) is 0 Å². The summed E-state index contributed by atoms with van der Waals surface area (Å²) in [6.45, 7) is 5.72. The average Bonchev–Trinajstić information content (AvgIpc) is 2.57. The van der Waals surface area contributed by atoms with E-state index in [9.17, 15) is 5.11 Å². The third-order valence-corrected chi connectivity index (χ3v) is 3.97. The fourth-order valence-corrected chi connectivity index (χ4v) is 2.14. The van der Waals surface area contributed by atoms with Gasteiger partial charge in [0.25, 0.3) is 0 Å². The van der Waals surface area contributed by atoms with Gasteiger partial charge in [-0.1, -0.05) is 18.2 Å². The minimum Gasteiger partial charge on any atom is -0.389 e. The van der Waals surface area contributed by atoms with Gasteiger partial charge in [-0.15, -0.1) is 0 Å². The number of para-hydroxylation sites is 1. The largest absolute Gasteiger partial charge is 0.389 e. The summed E-state index contributed by atoms with van der Waals surface area (Å²) in [6.07, 6.45) is -0.506. The molecule has 0 bridgehead atoms. The minimum absolute atomic E-state index is 0.506. The van der Waals surface area contributed by atoms with E-state index in [-0.39, 0.29) is 0 Å². The van der Waals surface area contributed by atoms with Crippen molar-refractivity contribution < 1.29 is 5.11 Å². The SMILES string of the molecule is Cc1nn(-c2ccccc2C(C)O)c(C)c1Br. The van der Waals surface area contributed by atoms with Gasteiger partial charge in [0.15, 0.2) is 0 Å². The monoisotopic (exact) mass is 294 g/mol. The molecule has 0 aliphatic carbocycles. The number of hydrogen-bond acceptors (Lipinski definition) is 2. The van der Waals surface area contributed by atoms with E-state index in [1.807, 2.05) is 42.8 Å². The highest BCUT2D eigenvalue weighted by Crippen LogP contribution is 2.27. The van der Waals surface area contributed by atoms with Crippen LogP contribution in [0.1, 0.15) is 30.0 Å². The Morgan fingerprint density at radius 3 is 2.47 bits per heavy atom. The van der Waals surface area contributed by atoms with Crippen molar-refractivity contribution in [1.82, 2.24) is 9.78 Å². The lowest BCUT2D eigenvalue weighted by Gasteiger charge is -2.13. The minimum atomic E-state index is -0.506. The van der Waals surface area contributed by atoms with Gasteiger partial charge in [0.2, 0.25) is 0 Å². The number of rotatable bonds is 2. The van der Waals surface area contributed by atoms with E-state index in [4.69, 9.17) is 0 Å². The lowest BCUT2D eigenvalue weighted by Crippen LogP contribution is -2.05. The van der Waals surface area contributed by atoms with Crippen LogP contribution in [0.2, 0.25) is 0 Å². The van der Waals surface area contributed by atoms with Gasteiger partial charge in [0, 0.05) is 5.56 Å². The number of aromatic nitrogens is 2. The highest BCUT2D eigenvalue weighted by molar-refractivity contribution is 9.10. The van der Waals surface area contributed by atoms with Gasteiger partial charge in [-0.25, -0.2) is 4.68 Å². The third kappa shape index (κ3) is 2.15. The summed E-state index contributed by atoms with van der Waals surface area (Å²) in [4.78, 5) is 0. The first-order valence-corrected chi connectivity index (χ1v) is 6.30. The first-order chi connectivity index (χ1) is 8.02. The average molecular weight is 295 g/mol. The van der Waals surface area contributed by atoms with Crippen LogP contribution in [0.25, 0.3) is 5.69 Å². The Morgan fingerprint density at radius 2 is 1.94 bits per heavy atom. The van der Waals surface area contributed by atoms with Crippen LogP contribution in [0, 0.1) is 13.8 Å². The van der Waals surface area contributed by atoms with Gasteiger partial charge >= 0.3 is 0 Å². The molecule has 0 saturated carbocycles. The Labute approximate surface area is 109 Å². The van der Waals surface area contributed by atoms with E-state index < -0.39 is 6.10 Å². The van der Waals surface area contributed by atoms with Crippen molar-refractivity contribution in [2.24, 2.45) is 0 Å². The highest BCUT2D eigenvalue weighted by atomic mass is 79.9. The molecule has 0 aliphatic rings. The van der Waals surface area contributed by atoms with Crippen molar-refractivity contribution in [1.29, 1.82) is 0 Å². The van der Waals surface area contributed by atoms with Crippen LogP contribution in [-0.4, -0.2) is 14.9 Å². The summed E-state index contributed by atoms with van der Waals surface area (Å²) in [5, 5.41) is 14.3. The van der Waals surface area contributed by atoms with Gasteiger partial charge in [-0.2, -0.15) is 5.10 Å². The Hall–Kier alpha value is -1.13. The molecule has 0 amide bonds. The molecule has 1 N–H and O–H groups in total. The van der Waals surface area contributed by atoms with Crippen LogP contribution in [0.3, 0.4) is 0 Å². The predicted octanol–water partition coefficient (Wildman–Crippen LogP) is 3.30. The summed E-state index contributed by atoms with van der Waals surface area (Å²) >= 11 is 3.51. The molecule has 1 heterocycles. The van der Waals surface area contributed by atoms with Crippen LogP contribution in [0.4, 0.5) is 0 Å². The second-order valence-electron chi connectivity index (χ2n) is 4.13. The van der Waals surface area contributed by atoms with E-state index in [1.165, 1.54) is 0 Å². The molecule has 0 saturated heterocycles. The fraction of sp³-hybridized carbons (Fsp3) is 0.308. The number of aliphatic hydroxyl groups is 1. The normalized spacial score (nSPS) is 12.8. The van der Waals surface area contributed by atoms with Crippen molar-refractivity contribution in [3.8, 4) is 5.69 Å². The van der Waals surface area contributed by atoms with Crippen LogP contribution in [-0.2, 0) is 0 Å². The molecule has 2 aromatic rings. The van der Waals surface area contributed by atoms with Crippen molar-refractivity contribution >= 4 is 15.9 Å². The molecule has 1 aromatic heterocycles. The molecule has 0 fully saturated rings. The van der Waals surface area contributed by atoms with E-state index in [0.29, 0.717) is 0 Å². The van der Waals surface area contributed by atoms with E-state index >= 15 is 0 Å². The zero-order valence-corrected chi connectivity index (χ0v) is 11.7. The van der Waals surface area contributed by atoms with E-state index in [0.717, 1.165) is 27.1 Å². The number of aryl methyl sites for hydroxylation is 1. The summed E-state index contributed by atoms with van der Waals surface area (Å²) in [5.41, 5.74) is 3.79. The number of halogens is 1. The molecular formula is C13H15BrN2O. The summed E-state index contributed by atoms with van der Waals surface area (Å²) in [6, 6.07) is 7.76. The van der Waals surface area contributed by atoms with E-state index in [2.05, 4.69) is 21.0 Å². The van der Waals surface area contributed by atoms with E-state index in [1.54, 1.807) is 6.92 Å². The van der Waals surface area contributed by atoms with Crippen molar-refractivity contribution in [2.45, 2.75) is 26.9 Å². The van der Waals surface area contributed by atoms with Gasteiger partial charge < -0.3 is 5.11 Å². The molecule has 0 spiro atoms. The second kappa shape index (κ2) is 4.63. The predicted molar refractivity (Wildman–Crippen MR) is 71.4 cm³/mol. The fourth-order valence-electron chi connectivity index (χ4n) is 1.89. The van der Waals surface area contributed by atoms with Gasteiger partial charge in [-0.05, 0) is 42.8 Å². The third-order valence-electron chi connectivity index (χ3n) is 2.82. The number of hydrogen-bond donors (Lipinski definition) is 1. The Kier molecular flexibility index (Phi) is 3.35. The van der Waals surface area contributed by atoms with Crippen LogP contribution in [0.15, 0.2) is 28.7 Å². The summed E-state index contributed by atoms with van der Waals surface area (Å²) < 4.78 is 2.87. The zero-order valence-electron chi connectivity index (χ0n) is 10.1.